The molecule has 0 radical (unpaired) electrons. The Morgan fingerprint density at radius 1 is 0.714 bits per heavy atom. The van der Waals surface area contributed by atoms with Gasteiger partial charge in [-0.2, -0.15) is 9.97 Å². The Hall–Kier alpha value is -4.20. The molecule has 8 heteroatoms. The number of aromatic nitrogens is 5. The molecule has 5 rings (SSSR count). The maximum Gasteiger partial charge on any atom is 0.331 e. The monoisotopic (exact) mass is 371 g/mol. The van der Waals surface area contributed by atoms with E-state index in [4.69, 9.17) is 13.9 Å². The van der Waals surface area contributed by atoms with E-state index >= 15 is 0 Å². The van der Waals surface area contributed by atoms with E-state index in [0.29, 0.717) is 23.1 Å². The Balaban J connectivity index is 1.61. The van der Waals surface area contributed by atoms with Gasteiger partial charge in [0.1, 0.15) is 11.5 Å². The van der Waals surface area contributed by atoms with Crippen LogP contribution in [0.15, 0.2) is 83.5 Å². The molecule has 0 saturated carbocycles. The van der Waals surface area contributed by atoms with Crippen LogP contribution in [0.5, 0.6) is 23.5 Å². The third-order valence-electron chi connectivity index (χ3n) is 3.80. The van der Waals surface area contributed by atoms with Crippen LogP contribution in [0.3, 0.4) is 0 Å². The molecule has 8 nitrogen and oxygen atoms in total. The van der Waals surface area contributed by atoms with Crippen molar-refractivity contribution in [2.45, 2.75) is 0 Å². The normalized spacial score (nSPS) is 10.9. The maximum atomic E-state index is 5.90. The molecular formula is C20H13N5O3. The van der Waals surface area contributed by atoms with Gasteiger partial charge in [0.25, 0.3) is 5.78 Å². The average Bonchev–Trinajstić information content (AvgIpc) is 3.39. The molecule has 0 saturated heterocycles. The molecule has 0 aliphatic rings. The lowest BCUT2D eigenvalue weighted by atomic mass is 10.3. The largest absolute Gasteiger partial charge is 0.461 e. The lowest BCUT2D eigenvalue weighted by molar-refractivity contribution is 0.389. The lowest BCUT2D eigenvalue weighted by Crippen LogP contribution is -2.03. The maximum absolute atomic E-state index is 5.90. The highest BCUT2D eigenvalue weighted by atomic mass is 16.5. The molecule has 0 unspecified atom stereocenters. The van der Waals surface area contributed by atoms with Crippen molar-refractivity contribution >= 4 is 5.78 Å². The van der Waals surface area contributed by atoms with E-state index < -0.39 is 0 Å². The van der Waals surface area contributed by atoms with Crippen LogP contribution in [0.25, 0.3) is 17.4 Å². The molecule has 0 aliphatic carbocycles. The summed E-state index contributed by atoms with van der Waals surface area (Å²) in [6.45, 7) is 0. The van der Waals surface area contributed by atoms with Crippen LogP contribution < -0.4 is 9.47 Å². The van der Waals surface area contributed by atoms with E-state index in [1.807, 2.05) is 60.7 Å². The van der Waals surface area contributed by atoms with E-state index in [1.165, 1.54) is 4.52 Å². The van der Waals surface area contributed by atoms with Crippen LogP contribution in [0, 0.1) is 0 Å². The van der Waals surface area contributed by atoms with E-state index in [0.717, 1.165) is 0 Å². The molecule has 0 aliphatic heterocycles. The molecule has 28 heavy (non-hydrogen) atoms. The molecule has 0 amide bonds. The van der Waals surface area contributed by atoms with Crippen molar-refractivity contribution in [1.82, 2.24) is 24.6 Å². The van der Waals surface area contributed by atoms with Gasteiger partial charge in [-0.05, 0) is 36.4 Å². The van der Waals surface area contributed by atoms with E-state index in [-0.39, 0.29) is 17.8 Å². The first-order valence-electron chi connectivity index (χ1n) is 8.50. The zero-order valence-electron chi connectivity index (χ0n) is 14.5. The minimum absolute atomic E-state index is 0.100. The minimum atomic E-state index is 0.100. The van der Waals surface area contributed by atoms with Crippen molar-refractivity contribution in [2.75, 3.05) is 0 Å². The van der Waals surface area contributed by atoms with E-state index in [9.17, 15) is 0 Å². The Labute approximate surface area is 159 Å². The number of ether oxygens (including phenoxy) is 2. The molecule has 136 valence electrons. The summed E-state index contributed by atoms with van der Waals surface area (Å²) in [5, 5.41) is 4.41. The molecular weight excluding hydrogens is 358 g/mol. The second kappa shape index (κ2) is 6.84. The van der Waals surface area contributed by atoms with Gasteiger partial charge in [-0.1, -0.05) is 36.4 Å². The number of furan rings is 1. The number of hydrogen-bond donors (Lipinski definition) is 0. The summed E-state index contributed by atoms with van der Waals surface area (Å²) in [7, 11) is 0. The third kappa shape index (κ3) is 3.14. The van der Waals surface area contributed by atoms with Crippen LogP contribution in [0.1, 0.15) is 0 Å². The van der Waals surface area contributed by atoms with Crippen LogP contribution in [-0.4, -0.2) is 24.6 Å². The van der Waals surface area contributed by atoms with Crippen LogP contribution in [-0.2, 0) is 0 Å². The molecule has 0 bridgehead atoms. The summed E-state index contributed by atoms with van der Waals surface area (Å²) < 4.78 is 18.4. The summed E-state index contributed by atoms with van der Waals surface area (Å²) >= 11 is 0. The fourth-order valence-corrected chi connectivity index (χ4v) is 2.55. The van der Waals surface area contributed by atoms with Crippen molar-refractivity contribution in [2.24, 2.45) is 0 Å². The summed E-state index contributed by atoms with van der Waals surface area (Å²) in [6, 6.07) is 22.3. The Morgan fingerprint density at radius 2 is 1.43 bits per heavy atom. The molecule has 5 aromatic rings. The average molecular weight is 371 g/mol. The zero-order chi connectivity index (χ0) is 18.8. The fourth-order valence-electron chi connectivity index (χ4n) is 2.55. The second-order valence-electron chi connectivity index (χ2n) is 5.74. The van der Waals surface area contributed by atoms with Crippen molar-refractivity contribution in [1.29, 1.82) is 0 Å². The van der Waals surface area contributed by atoms with Crippen molar-refractivity contribution in [3.63, 3.8) is 0 Å². The molecule has 2 aromatic carbocycles. The number of hydrogen-bond acceptors (Lipinski definition) is 7. The summed E-state index contributed by atoms with van der Waals surface area (Å²) in [6.07, 6.45) is 1.55. The SMILES string of the molecule is c1ccc(Oc2nc(Oc3ccccc3)n3nc(-c4ccco4)nc3n2)cc1. The van der Waals surface area contributed by atoms with Gasteiger partial charge >= 0.3 is 12.0 Å². The molecule has 0 N–H and O–H groups in total. The molecule has 0 atom stereocenters. The number of rotatable bonds is 5. The van der Waals surface area contributed by atoms with Crippen molar-refractivity contribution in [3.05, 3.63) is 79.1 Å². The van der Waals surface area contributed by atoms with E-state index in [2.05, 4.69) is 20.1 Å². The predicted molar refractivity (Wildman–Crippen MR) is 99.3 cm³/mol. The summed E-state index contributed by atoms with van der Waals surface area (Å²) in [5.74, 6) is 2.36. The van der Waals surface area contributed by atoms with Gasteiger partial charge < -0.3 is 13.9 Å². The number of nitrogens with zero attached hydrogens (tertiary/aromatic N) is 5. The summed E-state index contributed by atoms with van der Waals surface area (Å²) in [4.78, 5) is 13.1. The van der Waals surface area contributed by atoms with Gasteiger partial charge in [-0.3, -0.25) is 0 Å². The quantitative estimate of drug-likeness (QED) is 0.453. The Bertz CT molecular complexity index is 1210. The molecule has 0 spiro atoms. The molecule has 3 aromatic heterocycles. The smallest absolute Gasteiger partial charge is 0.331 e. The lowest BCUT2D eigenvalue weighted by Gasteiger charge is -2.08. The van der Waals surface area contributed by atoms with Gasteiger partial charge in [-0.25, -0.2) is 0 Å². The zero-order valence-corrected chi connectivity index (χ0v) is 14.5. The molecule has 3 heterocycles. The fraction of sp³-hybridized carbons (Fsp3) is 0. The first kappa shape index (κ1) is 16.0. The number of benzene rings is 2. The summed E-state index contributed by atoms with van der Waals surface area (Å²) in [5.41, 5.74) is 0. The Morgan fingerprint density at radius 3 is 2.11 bits per heavy atom. The Kier molecular flexibility index (Phi) is 3.91. The van der Waals surface area contributed by atoms with Gasteiger partial charge in [0.05, 0.1) is 6.26 Å². The second-order valence-corrected chi connectivity index (χ2v) is 5.74. The highest BCUT2D eigenvalue weighted by Gasteiger charge is 2.17. The third-order valence-corrected chi connectivity index (χ3v) is 3.80. The van der Waals surface area contributed by atoms with Gasteiger partial charge in [-0.15, -0.1) is 14.6 Å². The van der Waals surface area contributed by atoms with Crippen LogP contribution in [0.2, 0.25) is 0 Å². The van der Waals surface area contributed by atoms with Gasteiger partial charge in [0, 0.05) is 0 Å². The van der Waals surface area contributed by atoms with Crippen molar-refractivity contribution in [3.8, 4) is 35.1 Å². The number of fused-ring (bicyclic) bond motifs is 1. The predicted octanol–water partition coefficient (Wildman–Crippen LogP) is 4.36. The molecule has 0 fully saturated rings. The standard InChI is InChI=1S/C20H13N5O3/c1-3-8-14(9-4-1)27-19-22-18-21-17(16-12-7-13-26-16)24-25(18)20(23-19)28-15-10-5-2-6-11-15/h1-13H. The highest BCUT2D eigenvalue weighted by Crippen LogP contribution is 2.25. The first-order chi connectivity index (χ1) is 13.8. The van der Waals surface area contributed by atoms with Crippen molar-refractivity contribution < 1.29 is 13.9 Å². The first-order valence-corrected chi connectivity index (χ1v) is 8.50. The number of para-hydroxylation sites is 2. The topological polar surface area (TPSA) is 87.6 Å². The van der Waals surface area contributed by atoms with Crippen LogP contribution in [0.4, 0.5) is 0 Å². The van der Waals surface area contributed by atoms with Crippen LogP contribution >= 0.6 is 0 Å². The van der Waals surface area contributed by atoms with Gasteiger partial charge in [0.2, 0.25) is 5.82 Å². The minimum Gasteiger partial charge on any atom is -0.461 e. The van der Waals surface area contributed by atoms with E-state index in [1.54, 1.807) is 18.4 Å². The highest BCUT2D eigenvalue weighted by molar-refractivity contribution is 5.50. The van der Waals surface area contributed by atoms with Gasteiger partial charge in [0.15, 0.2) is 5.76 Å².